The first-order chi connectivity index (χ1) is 17.5. The summed E-state index contributed by atoms with van der Waals surface area (Å²) < 4.78 is 16.9. The molecular formula is C28H26N2O6. The van der Waals surface area contributed by atoms with Gasteiger partial charge in [0, 0.05) is 25.5 Å². The lowest BCUT2D eigenvalue weighted by atomic mass is 10.1. The zero-order valence-electron chi connectivity index (χ0n) is 19.8. The number of aryl methyl sites for hydroxylation is 1. The van der Waals surface area contributed by atoms with E-state index in [1.54, 1.807) is 54.6 Å². The lowest BCUT2D eigenvalue weighted by Gasteiger charge is -2.20. The van der Waals surface area contributed by atoms with Crippen molar-refractivity contribution in [2.45, 2.75) is 19.9 Å². The van der Waals surface area contributed by atoms with Crippen molar-refractivity contribution in [2.24, 2.45) is 0 Å². The predicted molar refractivity (Wildman–Crippen MR) is 133 cm³/mol. The monoisotopic (exact) mass is 486 g/mol. The number of oxazole rings is 1. The molecular weight excluding hydrogens is 460 g/mol. The van der Waals surface area contributed by atoms with Crippen molar-refractivity contribution in [2.75, 3.05) is 13.2 Å². The van der Waals surface area contributed by atoms with Gasteiger partial charge >= 0.3 is 12.1 Å². The Morgan fingerprint density at radius 2 is 1.58 bits per heavy atom. The topological polar surface area (TPSA) is 102 Å². The molecule has 4 aromatic rings. The van der Waals surface area contributed by atoms with Crippen LogP contribution < -0.4 is 9.47 Å². The summed E-state index contributed by atoms with van der Waals surface area (Å²) in [5, 5.41) is 9.22. The molecule has 1 heterocycles. The first kappa shape index (κ1) is 24.5. The van der Waals surface area contributed by atoms with Crippen LogP contribution in [-0.2, 0) is 17.8 Å². The fraction of sp³-hybridized carbons (Fsp3) is 0.179. The molecule has 1 amide bonds. The fourth-order valence-electron chi connectivity index (χ4n) is 3.64. The summed E-state index contributed by atoms with van der Waals surface area (Å²) in [4.78, 5) is 29.4. The molecule has 0 aliphatic heterocycles. The van der Waals surface area contributed by atoms with Crippen LogP contribution >= 0.6 is 0 Å². The molecule has 36 heavy (non-hydrogen) atoms. The lowest BCUT2D eigenvalue weighted by molar-refractivity contribution is -0.138. The van der Waals surface area contributed by atoms with E-state index in [0.29, 0.717) is 30.4 Å². The first-order valence-corrected chi connectivity index (χ1v) is 11.4. The number of carbonyl (C=O) groups excluding carboxylic acids is 1. The standard InChI is InChI=1S/C28H26N2O6/c1-20-29-27(22-8-4-2-5-9-22)25(35-20)16-17-34-23-14-12-21(13-15-23)18-30(19-26(31)32)28(33)36-24-10-6-3-7-11-24/h2-15H,16-19H2,1H3,(H,31,32). The lowest BCUT2D eigenvalue weighted by Crippen LogP contribution is -2.37. The molecule has 0 saturated carbocycles. The highest BCUT2D eigenvalue weighted by atomic mass is 16.6. The van der Waals surface area contributed by atoms with Crippen molar-refractivity contribution in [1.29, 1.82) is 0 Å². The van der Waals surface area contributed by atoms with Crippen LogP contribution in [0.4, 0.5) is 4.79 Å². The molecule has 0 fully saturated rings. The Morgan fingerprint density at radius 3 is 2.25 bits per heavy atom. The molecule has 8 nitrogen and oxygen atoms in total. The van der Waals surface area contributed by atoms with Gasteiger partial charge in [0.25, 0.3) is 0 Å². The van der Waals surface area contributed by atoms with Crippen LogP contribution in [0.3, 0.4) is 0 Å². The third-order valence-electron chi connectivity index (χ3n) is 5.28. The summed E-state index contributed by atoms with van der Waals surface area (Å²) in [5.41, 5.74) is 2.55. The average molecular weight is 487 g/mol. The molecule has 0 atom stereocenters. The number of carboxylic acids is 1. The van der Waals surface area contributed by atoms with Gasteiger partial charge in [-0.05, 0) is 29.8 Å². The first-order valence-electron chi connectivity index (χ1n) is 11.4. The summed E-state index contributed by atoms with van der Waals surface area (Å²) in [7, 11) is 0. The molecule has 0 aliphatic carbocycles. The minimum Gasteiger partial charge on any atom is -0.493 e. The maximum absolute atomic E-state index is 12.5. The molecule has 184 valence electrons. The van der Waals surface area contributed by atoms with E-state index in [2.05, 4.69) is 4.98 Å². The Kier molecular flexibility index (Phi) is 7.97. The largest absolute Gasteiger partial charge is 0.493 e. The highest BCUT2D eigenvalue weighted by molar-refractivity contribution is 5.78. The fourth-order valence-corrected chi connectivity index (χ4v) is 3.64. The molecule has 0 unspecified atom stereocenters. The number of para-hydroxylation sites is 1. The van der Waals surface area contributed by atoms with Crippen molar-refractivity contribution in [1.82, 2.24) is 9.88 Å². The third-order valence-corrected chi connectivity index (χ3v) is 5.28. The van der Waals surface area contributed by atoms with Crippen LogP contribution in [0.2, 0.25) is 0 Å². The number of hydrogen-bond acceptors (Lipinski definition) is 6. The van der Waals surface area contributed by atoms with Gasteiger partial charge in [-0.15, -0.1) is 0 Å². The van der Waals surface area contributed by atoms with Crippen molar-refractivity contribution >= 4 is 12.1 Å². The van der Waals surface area contributed by atoms with E-state index in [1.165, 1.54) is 0 Å². The highest BCUT2D eigenvalue weighted by Gasteiger charge is 2.19. The minimum atomic E-state index is -1.13. The minimum absolute atomic E-state index is 0.0794. The number of carbonyl (C=O) groups is 2. The van der Waals surface area contributed by atoms with Crippen molar-refractivity contribution in [3.05, 3.63) is 102 Å². The average Bonchev–Trinajstić information content (AvgIpc) is 3.26. The second kappa shape index (κ2) is 11.7. The number of aliphatic carboxylic acids is 1. The van der Waals surface area contributed by atoms with E-state index in [0.717, 1.165) is 27.5 Å². The molecule has 0 bridgehead atoms. The van der Waals surface area contributed by atoms with Gasteiger partial charge in [0.05, 0.1) is 6.61 Å². The highest BCUT2D eigenvalue weighted by Crippen LogP contribution is 2.24. The maximum atomic E-state index is 12.5. The number of benzene rings is 3. The van der Waals surface area contributed by atoms with E-state index < -0.39 is 18.6 Å². The van der Waals surface area contributed by atoms with E-state index >= 15 is 0 Å². The van der Waals surface area contributed by atoms with Gasteiger partial charge in [-0.1, -0.05) is 60.7 Å². The molecule has 3 aromatic carbocycles. The summed E-state index contributed by atoms with van der Waals surface area (Å²) >= 11 is 0. The normalized spacial score (nSPS) is 10.6. The predicted octanol–water partition coefficient (Wildman–Crippen LogP) is 5.36. The van der Waals surface area contributed by atoms with E-state index in [-0.39, 0.29) is 6.54 Å². The summed E-state index contributed by atoms with van der Waals surface area (Å²) in [5.74, 6) is 1.23. The van der Waals surface area contributed by atoms with Gasteiger partial charge in [0.15, 0.2) is 5.89 Å². The molecule has 0 aliphatic rings. The van der Waals surface area contributed by atoms with Crippen LogP contribution in [0.25, 0.3) is 11.3 Å². The Morgan fingerprint density at radius 1 is 0.917 bits per heavy atom. The molecule has 0 saturated heterocycles. The van der Waals surface area contributed by atoms with Crippen LogP contribution in [0.5, 0.6) is 11.5 Å². The van der Waals surface area contributed by atoms with E-state index in [1.807, 2.05) is 37.3 Å². The van der Waals surface area contributed by atoms with Crippen LogP contribution in [0.15, 0.2) is 89.3 Å². The SMILES string of the molecule is Cc1nc(-c2ccccc2)c(CCOc2ccc(CN(CC(=O)O)C(=O)Oc3ccccc3)cc2)o1. The molecule has 0 spiro atoms. The maximum Gasteiger partial charge on any atom is 0.416 e. The van der Waals surface area contributed by atoms with E-state index in [4.69, 9.17) is 13.9 Å². The number of ether oxygens (including phenoxy) is 2. The van der Waals surface area contributed by atoms with Crippen LogP contribution in [0.1, 0.15) is 17.2 Å². The molecule has 4 rings (SSSR count). The van der Waals surface area contributed by atoms with E-state index in [9.17, 15) is 14.7 Å². The van der Waals surface area contributed by atoms with Crippen molar-refractivity contribution in [3.8, 4) is 22.8 Å². The van der Waals surface area contributed by atoms with Gasteiger partial charge in [-0.2, -0.15) is 0 Å². The van der Waals surface area contributed by atoms with Gasteiger partial charge in [0.2, 0.25) is 0 Å². The van der Waals surface area contributed by atoms with Gasteiger partial charge < -0.3 is 19.0 Å². The zero-order valence-corrected chi connectivity index (χ0v) is 19.8. The number of nitrogens with zero attached hydrogens (tertiary/aromatic N) is 2. The Bertz CT molecular complexity index is 1290. The van der Waals surface area contributed by atoms with Crippen LogP contribution in [-0.4, -0.2) is 40.2 Å². The quantitative estimate of drug-likeness (QED) is 0.322. The second-order valence-electron chi connectivity index (χ2n) is 8.04. The molecule has 1 N–H and O–H groups in total. The Hall–Kier alpha value is -4.59. The van der Waals surface area contributed by atoms with Crippen molar-refractivity contribution < 1.29 is 28.6 Å². The zero-order chi connectivity index (χ0) is 25.3. The molecule has 0 radical (unpaired) electrons. The van der Waals surface area contributed by atoms with Gasteiger partial charge in [-0.25, -0.2) is 9.78 Å². The summed E-state index contributed by atoms with van der Waals surface area (Å²) in [6, 6.07) is 25.5. The van der Waals surface area contributed by atoms with Gasteiger partial charge in [0.1, 0.15) is 29.5 Å². The van der Waals surface area contributed by atoms with Crippen LogP contribution in [0, 0.1) is 6.92 Å². The summed E-state index contributed by atoms with van der Waals surface area (Å²) in [6.07, 6.45) is -0.189. The number of rotatable bonds is 10. The number of aromatic nitrogens is 1. The third kappa shape index (κ3) is 6.73. The van der Waals surface area contributed by atoms with Gasteiger partial charge in [-0.3, -0.25) is 9.69 Å². The Labute approximate surface area is 208 Å². The number of carboxylic acid groups (broad SMARTS) is 1. The Balaban J connectivity index is 1.34. The molecule has 8 heteroatoms. The summed E-state index contributed by atoms with van der Waals surface area (Å²) in [6.45, 7) is 1.81. The number of amides is 1. The number of hydrogen-bond donors (Lipinski definition) is 1. The smallest absolute Gasteiger partial charge is 0.416 e. The van der Waals surface area contributed by atoms with Crippen molar-refractivity contribution in [3.63, 3.8) is 0 Å². The second-order valence-corrected chi connectivity index (χ2v) is 8.04. The molecule has 1 aromatic heterocycles.